The number of carbonyl (C=O) groups excluding carboxylic acids is 1. The predicted molar refractivity (Wildman–Crippen MR) is 111 cm³/mol. The molecular weight excluding hydrogens is 364 g/mol. The standard InChI is InChI=1S/C23H20N4O2/c28-21(12-16-13-26-20-8-2-1-6-18(16)20)27-14-17-11-15-5-3-7-19(22(15)29-17)23-24-9-4-10-25-23/h1-10,13,17,26H,11-12,14H2,(H,27,28). The lowest BCUT2D eigenvalue weighted by molar-refractivity contribution is -0.120. The molecule has 1 unspecified atom stereocenters. The maximum absolute atomic E-state index is 12.5. The highest BCUT2D eigenvalue weighted by Gasteiger charge is 2.26. The Morgan fingerprint density at radius 3 is 2.86 bits per heavy atom. The summed E-state index contributed by atoms with van der Waals surface area (Å²) >= 11 is 0. The third kappa shape index (κ3) is 3.45. The summed E-state index contributed by atoms with van der Waals surface area (Å²) in [4.78, 5) is 24.3. The number of H-pyrrole nitrogens is 1. The maximum Gasteiger partial charge on any atom is 0.224 e. The van der Waals surface area contributed by atoms with Gasteiger partial charge in [0.15, 0.2) is 5.82 Å². The summed E-state index contributed by atoms with van der Waals surface area (Å²) in [6, 6.07) is 15.8. The van der Waals surface area contributed by atoms with Gasteiger partial charge in [-0.05, 0) is 29.3 Å². The van der Waals surface area contributed by atoms with Gasteiger partial charge in [0.2, 0.25) is 5.91 Å². The predicted octanol–water partition coefficient (Wildman–Crippen LogP) is 3.29. The van der Waals surface area contributed by atoms with E-state index >= 15 is 0 Å². The lowest BCUT2D eigenvalue weighted by Crippen LogP contribution is -2.35. The second kappa shape index (κ2) is 7.39. The molecule has 0 radical (unpaired) electrons. The molecule has 0 fully saturated rings. The number of hydrogen-bond acceptors (Lipinski definition) is 4. The van der Waals surface area contributed by atoms with Crippen molar-refractivity contribution >= 4 is 16.8 Å². The Bertz CT molecular complexity index is 1170. The van der Waals surface area contributed by atoms with Crippen LogP contribution >= 0.6 is 0 Å². The smallest absolute Gasteiger partial charge is 0.224 e. The number of amides is 1. The molecular formula is C23H20N4O2. The third-order valence-corrected chi connectivity index (χ3v) is 5.19. The van der Waals surface area contributed by atoms with Crippen LogP contribution in [0.25, 0.3) is 22.3 Å². The second-order valence-electron chi connectivity index (χ2n) is 7.15. The first-order valence-corrected chi connectivity index (χ1v) is 9.65. The lowest BCUT2D eigenvalue weighted by Gasteiger charge is -2.13. The number of para-hydroxylation sites is 2. The highest BCUT2D eigenvalue weighted by Crippen LogP contribution is 2.37. The largest absolute Gasteiger partial charge is 0.487 e. The van der Waals surface area contributed by atoms with Gasteiger partial charge in [-0.15, -0.1) is 0 Å². The molecule has 0 bridgehead atoms. The van der Waals surface area contributed by atoms with E-state index in [-0.39, 0.29) is 12.0 Å². The van der Waals surface area contributed by atoms with Crippen LogP contribution in [0, 0.1) is 0 Å². The van der Waals surface area contributed by atoms with Crippen molar-refractivity contribution in [2.45, 2.75) is 18.9 Å². The van der Waals surface area contributed by atoms with Crippen LogP contribution in [0.3, 0.4) is 0 Å². The molecule has 6 heteroatoms. The van der Waals surface area contributed by atoms with Crippen molar-refractivity contribution in [3.8, 4) is 17.1 Å². The van der Waals surface area contributed by atoms with Crippen LogP contribution in [0.4, 0.5) is 0 Å². The normalized spacial score (nSPS) is 15.1. The monoisotopic (exact) mass is 384 g/mol. The van der Waals surface area contributed by atoms with Crippen LogP contribution in [-0.4, -0.2) is 33.5 Å². The van der Waals surface area contributed by atoms with Gasteiger partial charge in [0, 0.05) is 35.9 Å². The molecule has 0 spiro atoms. The van der Waals surface area contributed by atoms with E-state index in [0.717, 1.165) is 39.8 Å². The van der Waals surface area contributed by atoms with Crippen LogP contribution < -0.4 is 10.1 Å². The molecule has 5 rings (SSSR count). The Hall–Kier alpha value is -3.67. The molecule has 0 saturated heterocycles. The number of benzene rings is 2. The number of nitrogens with zero attached hydrogens (tertiary/aromatic N) is 2. The number of ether oxygens (including phenoxy) is 1. The zero-order valence-electron chi connectivity index (χ0n) is 15.8. The fraction of sp³-hybridized carbons (Fsp3) is 0.174. The second-order valence-corrected chi connectivity index (χ2v) is 7.15. The van der Waals surface area contributed by atoms with Crippen molar-refractivity contribution in [3.05, 3.63) is 78.2 Å². The van der Waals surface area contributed by atoms with Crippen molar-refractivity contribution in [1.29, 1.82) is 0 Å². The summed E-state index contributed by atoms with van der Waals surface area (Å²) in [5.74, 6) is 1.45. The first-order valence-electron chi connectivity index (χ1n) is 9.65. The maximum atomic E-state index is 12.5. The number of fused-ring (bicyclic) bond motifs is 2. The molecule has 3 heterocycles. The molecule has 29 heavy (non-hydrogen) atoms. The number of aromatic amines is 1. The molecule has 4 aromatic rings. The van der Waals surface area contributed by atoms with Gasteiger partial charge in [0.25, 0.3) is 0 Å². The summed E-state index contributed by atoms with van der Waals surface area (Å²) < 4.78 is 6.15. The zero-order chi connectivity index (χ0) is 19.6. The molecule has 1 aliphatic rings. The minimum Gasteiger partial charge on any atom is -0.487 e. The average Bonchev–Trinajstić information content (AvgIpc) is 3.37. The summed E-state index contributed by atoms with van der Waals surface area (Å²) in [5.41, 5.74) is 4.04. The van der Waals surface area contributed by atoms with Crippen molar-refractivity contribution in [3.63, 3.8) is 0 Å². The Kier molecular flexibility index (Phi) is 4.44. The highest BCUT2D eigenvalue weighted by molar-refractivity contribution is 5.88. The van der Waals surface area contributed by atoms with E-state index in [2.05, 4.69) is 26.3 Å². The van der Waals surface area contributed by atoms with Crippen LogP contribution in [0.5, 0.6) is 5.75 Å². The van der Waals surface area contributed by atoms with E-state index in [4.69, 9.17) is 4.74 Å². The summed E-state index contributed by atoms with van der Waals surface area (Å²) in [6.07, 6.45) is 6.34. The van der Waals surface area contributed by atoms with Gasteiger partial charge in [-0.1, -0.05) is 30.3 Å². The zero-order valence-corrected chi connectivity index (χ0v) is 15.8. The van der Waals surface area contributed by atoms with Gasteiger partial charge in [-0.25, -0.2) is 9.97 Å². The van der Waals surface area contributed by atoms with Gasteiger partial charge >= 0.3 is 0 Å². The summed E-state index contributed by atoms with van der Waals surface area (Å²) in [6.45, 7) is 0.463. The SMILES string of the molecule is O=C(Cc1c[nH]c2ccccc12)NCC1Cc2cccc(-c3ncccn3)c2O1. The lowest BCUT2D eigenvalue weighted by atomic mass is 10.1. The van der Waals surface area contributed by atoms with E-state index in [1.54, 1.807) is 18.5 Å². The fourth-order valence-electron chi connectivity index (χ4n) is 3.81. The van der Waals surface area contributed by atoms with Crippen LogP contribution in [0.15, 0.2) is 67.1 Å². The molecule has 1 amide bonds. The summed E-state index contributed by atoms with van der Waals surface area (Å²) in [7, 11) is 0. The minimum atomic E-state index is -0.0956. The van der Waals surface area contributed by atoms with Crippen LogP contribution in [0.2, 0.25) is 0 Å². The van der Waals surface area contributed by atoms with Gasteiger partial charge < -0.3 is 15.0 Å². The number of rotatable bonds is 5. The molecule has 2 aromatic heterocycles. The van der Waals surface area contributed by atoms with Gasteiger partial charge in [0.05, 0.1) is 18.5 Å². The van der Waals surface area contributed by atoms with Gasteiger partial charge in [-0.3, -0.25) is 4.79 Å². The first kappa shape index (κ1) is 17.4. The Morgan fingerprint density at radius 1 is 1.10 bits per heavy atom. The van der Waals surface area contributed by atoms with Crippen LogP contribution in [-0.2, 0) is 17.6 Å². The fourth-order valence-corrected chi connectivity index (χ4v) is 3.81. The average molecular weight is 384 g/mol. The van der Waals surface area contributed by atoms with E-state index in [1.165, 1.54) is 0 Å². The molecule has 1 atom stereocenters. The van der Waals surface area contributed by atoms with Crippen molar-refractivity contribution in [1.82, 2.24) is 20.3 Å². The molecule has 2 N–H and O–H groups in total. The number of aromatic nitrogens is 3. The van der Waals surface area contributed by atoms with E-state index in [1.807, 2.05) is 42.6 Å². The third-order valence-electron chi connectivity index (χ3n) is 5.19. The Morgan fingerprint density at radius 2 is 1.97 bits per heavy atom. The number of nitrogens with one attached hydrogen (secondary N) is 2. The van der Waals surface area contributed by atoms with Crippen LogP contribution in [0.1, 0.15) is 11.1 Å². The molecule has 2 aromatic carbocycles. The first-order chi connectivity index (χ1) is 14.3. The van der Waals surface area contributed by atoms with Gasteiger partial charge in [0.1, 0.15) is 11.9 Å². The quantitative estimate of drug-likeness (QED) is 0.553. The topological polar surface area (TPSA) is 79.9 Å². The van der Waals surface area contributed by atoms with Crippen molar-refractivity contribution < 1.29 is 9.53 Å². The minimum absolute atomic E-state index is 0.0130. The summed E-state index contributed by atoms with van der Waals surface area (Å²) in [5, 5.41) is 4.10. The number of carbonyl (C=O) groups is 1. The van der Waals surface area contributed by atoms with Crippen molar-refractivity contribution in [2.75, 3.05) is 6.54 Å². The molecule has 6 nitrogen and oxygen atoms in total. The highest BCUT2D eigenvalue weighted by atomic mass is 16.5. The van der Waals surface area contributed by atoms with E-state index < -0.39 is 0 Å². The molecule has 144 valence electrons. The number of hydrogen-bond donors (Lipinski definition) is 2. The molecule has 0 saturated carbocycles. The Labute approximate surface area is 168 Å². The van der Waals surface area contributed by atoms with E-state index in [9.17, 15) is 4.79 Å². The Balaban J connectivity index is 1.24. The van der Waals surface area contributed by atoms with E-state index in [0.29, 0.717) is 18.8 Å². The molecule has 0 aliphatic carbocycles. The van der Waals surface area contributed by atoms with Crippen molar-refractivity contribution in [2.24, 2.45) is 0 Å². The van der Waals surface area contributed by atoms with Gasteiger partial charge in [-0.2, -0.15) is 0 Å². The molecule has 1 aliphatic heterocycles.